The van der Waals surface area contributed by atoms with Crippen LogP contribution in [0.25, 0.3) is 0 Å². The Morgan fingerprint density at radius 3 is 2.35 bits per heavy atom. The molecule has 0 fully saturated rings. The lowest BCUT2D eigenvalue weighted by Gasteiger charge is -2.27. The quantitative estimate of drug-likeness (QED) is 0.621. The summed E-state index contributed by atoms with van der Waals surface area (Å²) in [7, 11) is 4.78. The van der Waals surface area contributed by atoms with E-state index in [1.165, 1.54) is 14.0 Å². The van der Waals surface area contributed by atoms with Gasteiger partial charge in [-0.15, -0.1) is 0 Å². The second-order valence-electron chi connectivity index (χ2n) is 4.02. The number of nitrogens with one attached hydrogen (secondary N) is 1. The van der Waals surface area contributed by atoms with Crippen LogP contribution in [0.3, 0.4) is 0 Å². The van der Waals surface area contributed by atoms with Crippen molar-refractivity contribution in [3.8, 4) is 0 Å². The fourth-order valence-electron chi connectivity index (χ4n) is 1.40. The van der Waals surface area contributed by atoms with Crippen LogP contribution in [0.5, 0.6) is 0 Å². The molecule has 0 aromatic carbocycles. The molecule has 0 bridgehead atoms. The second kappa shape index (κ2) is 8.03. The molecule has 0 saturated carbocycles. The Balaban J connectivity index is 4.41. The summed E-state index contributed by atoms with van der Waals surface area (Å²) in [5.41, 5.74) is 0. The van der Waals surface area contributed by atoms with Gasteiger partial charge < -0.3 is 14.8 Å². The maximum atomic E-state index is 11.5. The standard InChI is InChI=1S/C11H22N2O4/c1-8(7-16-4)13(3)6-10(11(15)17-5)12-9(2)14/h8,10H,6-7H2,1-5H3,(H,12,14). The Bertz CT molecular complexity index is 258. The number of likely N-dealkylation sites (N-methyl/N-ethyl adjacent to an activating group) is 1. The minimum atomic E-state index is -0.651. The zero-order valence-electron chi connectivity index (χ0n) is 11.1. The first-order valence-electron chi connectivity index (χ1n) is 5.46. The lowest BCUT2D eigenvalue weighted by molar-refractivity contribution is -0.145. The van der Waals surface area contributed by atoms with Gasteiger partial charge in [-0.3, -0.25) is 9.69 Å². The zero-order valence-corrected chi connectivity index (χ0v) is 11.1. The Hall–Kier alpha value is -1.14. The number of methoxy groups -OCH3 is 2. The van der Waals surface area contributed by atoms with E-state index in [1.807, 2.05) is 18.9 Å². The van der Waals surface area contributed by atoms with E-state index in [1.54, 1.807) is 7.11 Å². The van der Waals surface area contributed by atoms with Gasteiger partial charge in [-0.25, -0.2) is 4.79 Å². The summed E-state index contributed by atoms with van der Waals surface area (Å²) >= 11 is 0. The molecular formula is C11H22N2O4. The molecule has 1 N–H and O–H groups in total. The molecule has 1 amide bonds. The van der Waals surface area contributed by atoms with Crippen molar-refractivity contribution in [3.05, 3.63) is 0 Å². The molecule has 2 atom stereocenters. The van der Waals surface area contributed by atoms with Crippen LogP contribution in [-0.4, -0.2) is 63.3 Å². The number of esters is 1. The predicted molar refractivity (Wildman–Crippen MR) is 63.6 cm³/mol. The largest absolute Gasteiger partial charge is 0.467 e. The zero-order chi connectivity index (χ0) is 13.4. The van der Waals surface area contributed by atoms with Crippen molar-refractivity contribution in [3.63, 3.8) is 0 Å². The van der Waals surface area contributed by atoms with Crippen molar-refractivity contribution in [1.29, 1.82) is 0 Å². The Morgan fingerprint density at radius 1 is 1.35 bits per heavy atom. The molecule has 0 aromatic rings. The average molecular weight is 246 g/mol. The highest BCUT2D eigenvalue weighted by Crippen LogP contribution is 1.99. The van der Waals surface area contributed by atoms with Gasteiger partial charge in [0.15, 0.2) is 0 Å². The highest BCUT2D eigenvalue weighted by Gasteiger charge is 2.23. The van der Waals surface area contributed by atoms with Gasteiger partial charge in [0.05, 0.1) is 13.7 Å². The predicted octanol–water partition coefficient (Wildman–Crippen LogP) is -0.369. The third-order valence-corrected chi connectivity index (χ3v) is 2.49. The monoisotopic (exact) mass is 246 g/mol. The number of ether oxygens (including phenoxy) is 2. The normalized spacial score (nSPS) is 14.2. The fraction of sp³-hybridized carbons (Fsp3) is 0.818. The number of nitrogens with zero attached hydrogens (tertiary/aromatic N) is 1. The SMILES string of the molecule is COCC(C)N(C)CC(NC(C)=O)C(=O)OC. The van der Waals surface area contributed by atoms with E-state index in [4.69, 9.17) is 4.74 Å². The van der Waals surface area contributed by atoms with Crippen LogP contribution < -0.4 is 5.32 Å². The van der Waals surface area contributed by atoms with Gasteiger partial charge >= 0.3 is 5.97 Å². The van der Waals surface area contributed by atoms with Gasteiger partial charge in [0.2, 0.25) is 5.91 Å². The van der Waals surface area contributed by atoms with Crippen LogP contribution in [0.4, 0.5) is 0 Å². The lowest BCUT2D eigenvalue weighted by atomic mass is 10.2. The number of hydrogen-bond donors (Lipinski definition) is 1. The third-order valence-electron chi connectivity index (χ3n) is 2.49. The van der Waals surface area contributed by atoms with E-state index >= 15 is 0 Å². The van der Waals surface area contributed by atoms with Crippen LogP contribution in [0.15, 0.2) is 0 Å². The summed E-state index contributed by atoms with van der Waals surface area (Å²) in [5, 5.41) is 2.56. The van der Waals surface area contributed by atoms with Gasteiger partial charge in [-0.05, 0) is 14.0 Å². The van der Waals surface area contributed by atoms with Gasteiger partial charge in [0.25, 0.3) is 0 Å². The van der Waals surface area contributed by atoms with Crippen molar-refractivity contribution in [2.24, 2.45) is 0 Å². The number of hydrogen-bond acceptors (Lipinski definition) is 5. The first-order chi connectivity index (χ1) is 7.92. The molecule has 0 heterocycles. The number of amides is 1. The molecule has 0 rings (SSSR count). The van der Waals surface area contributed by atoms with Crippen LogP contribution in [0.1, 0.15) is 13.8 Å². The van der Waals surface area contributed by atoms with Crippen LogP contribution in [0, 0.1) is 0 Å². The van der Waals surface area contributed by atoms with Gasteiger partial charge in [-0.2, -0.15) is 0 Å². The first kappa shape index (κ1) is 15.9. The molecule has 6 heteroatoms. The topological polar surface area (TPSA) is 67.9 Å². The van der Waals surface area contributed by atoms with Crippen molar-refractivity contribution in [2.45, 2.75) is 25.9 Å². The molecular weight excluding hydrogens is 224 g/mol. The maximum Gasteiger partial charge on any atom is 0.329 e. The number of carbonyl (C=O) groups excluding carboxylic acids is 2. The number of rotatable bonds is 7. The smallest absolute Gasteiger partial charge is 0.329 e. The van der Waals surface area contributed by atoms with Gasteiger partial charge in [0, 0.05) is 26.6 Å². The molecule has 0 aromatic heterocycles. The summed E-state index contributed by atoms with van der Waals surface area (Å²) in [4.78, 5) is 24.4. The summed E-state index contributed by atoms with van der Waals surface area (Å²) in [6.45, 7) is 4.29. The van der Waals surface area contributed by atoms with Crippen molar-refractivity contribution < 1.29 is 19.1 Å². The summed E-state index contributed by atoms with van der Waals surface area (Å²) in [6.07, 6.45) is 0. The van der Waals surface area contributed by atoms with E-state index in [2.05, 4.69) is 10.1 Å². The Morgan fingerprint density at radius 2 is 1.94 bits per heavy atom. The van der Waals surface area contributed by atoms with Crippen molar-refractivity contribution in [1.82, 2.24) is 10.2 Å². The Kier molecular flexibility index (Phi) is 7.49. The first-order valence-corrected chi connectivity index (χ1v) is 5.46. The maximum absolute atomic E-state index is 11.5. The van der Waals surface area contributed by atoms with Gasteiger partial charge in [-0.1, -0.05) is 0 Å². The lowest BCUT2D eigenvalue weighted by Crippen LogP contribution is -2.49. The molecule has 0 radical (unpaired) electrons. The highest BCUT2D eigenvalue weighted by molar-refractivity contribution is 5.83. The van der Waals surface area contributed by atoms with Crippen LogP contribution in [-0.2, 0) is 19.1 Å². The van der Waals surface area contributed by atoms with E-state index in [-0.39, 0.29) is 11.9 Å². The minimum absolute atomic E-state index is 0.154. The molecule has 2 unspecified atom stereocenters. The van der Waals surface area contributed by atoms with Crippen molar-refractivity contribution >= 4 is 11.9 Å². The summed E-state index contributed by atoms with van der Waals surface area (Å²) < 4.78 is 9.67. The molecule has 0 aliphatic rings. The highest BCUT2D eigenvalue weighted by atomic mass is 16.5. The van der Waals surface area contributed by atoms with Crippen LogP contribution in [0.2, 0.25) is 0 Å². The van der Waals surface area contributed by atoms with E-state index in [0.717, 1.165) is 0 Å². The molecule has 6 nitrogen and oxygen atoms in total. The summed E-state index contributed by atoms with van der Waals surface area (Å²) in [6, 6.07) is -0.497. The molecule has 0 saturated heterocycles. The van der Waals surface area contributed by atoms with Gasteiger partial charge in [0.1, 0.15) is 6.04 Å². The second-order valence-corrected chi connectivity index (χ2v) is 4.02. The van der Waals surface area contributed by atoms with E-state index < -0.39 is 12.0 Å². The van der Waals surface area contributed by atoms with Crippen LogP contribution >= 0.6 is 0 Å². The molecule has 0 spiro atoms. The molecule has 17 heavy (non-hydrogen) atoms. The van der Waals surface area contributed by atoms with E-state index in [9.17, 15) is 9.59 Å². The van der Waals surface area contributed by atoms with Crippen molar-refractivity contribution in [2.75, 3.05) is 34.4 Å². The third kappa shape index (κ3) is 6.23. The molecule has 0 aliphatic carbocycles. The summed E-state index contributed by atoms with van der Waals surface area (Å²) in [5.74, 6) is -0.704. The molecule has 0 aliphatic heterocycles. The fourth-order valence-corrected chi connectivity index (χ4v) is 1.40. The number of carbonyl (C=O) groups is 2. The molecule has 100 valence electrons. The minimum Gasteiger partial charge on any atom is -0.467 e. The Labute approximate surface area is 102 Å². The van der Waals surface area contributed by atoms with E-state index in [0.29, 0.717) is 13.2 Å². The average Bonchev–Trinajstić information content (AvgIpc) is 2.26.